The summed E-state index contributed by atoms with van der Waals surface area (Å²) in [7, 11) is 1.67. The van der Waals surface area contributed by atoms with Gasteiger partial charge in [-0.15, -0.1) is 0 Å². The van der Waals surface area contributed by atoms with Gasteiger partial charge >= 0.3 is 0 Å². The van der Waals surface area contributed by atoms with Crippen LogP contribution in [-0.2, 0) is 4.74 Å². The van der Waals surface area contributed by atoms with E-state index in [2.05, 4.69) is 36.9 Å². The molecule has 0 N–H and O–H groups in total. The van der Waals surface area contributed by atoms with E-state index < -0.39 is 0 Å². The standard InChI is InChI=1S/C13H17BrN4O/c1-19-8-7-18(6-2-5-15)12-9-11(14)16-13(17-12)10-3-4-10/h9-10H,2-4,6-8H2,1H3. The summed E-state index contributed by atoms with van der Waals surface area (Å²) in [6.07, 6.45) is 2.82. The Morgan fingerprint density at radius 1 is 1.47 bits per heavy atom. The van der Waals surface area contributed by atoms with E-state index in [9.17, 15) is 0 Å². The minimum Gasteiger partial charge on any atom is -0.383 e. The van der Waals surface area contributed by atoms with Crippen LogP contribution < -0.4 is 4.90 Å². The molecule has 0 radical (unpaired) electrons. The van der Waals surface area contributed by atoms with Gasteiger partial charge in [0, 0.05) is 32.2 Å². The van der Waals surface area contributed by atoms with Gasteiger partial charge in [0.1, 0.15) is 16.2 Å². The van der Waals surface area contributed by atoms with Crippen LogP contribution in [0.5, 0.6) is 0 Å². The highest BCUT2D eigenvalue weighted by molar-refractivity contribution is 9.10. The number of aromatic nitrogens is 2. The van der Waals surface area contributed by atoms with Crippen LogP contribution in [0.4, 0.5) is 5.82 Å². The van der Waals surface area contributed by atoms with Crippen molar-refractivity contribution in [3.8, 4) is 6.07 Å². The summed E-state index contributed by atoms with van der Waals surface area (Å²) in [6, 6.07) is 4.07. The van der Waals surface area contributed by atoms with Crippen molar-refractivity contribution in [3.63, 3.8) is 0 Å². The molecule has 0 bridgehead atoms. The molecule has 0 aliphatic heterocycles. The minimum absolute atomic E-state index is 0.476. The number of hydrogen-bond donors (Lipinski definition) is 0. The third-order valence-corrected chi connectivity index (χ3v) is 3.43. The lowest BCUT2D eigenvalue weighted by Crippen LogP contribution is -2.29. The zero-order valence-corrected chi connectivity index (χ0v) is 12.6. The lowest BCUT2D eigenvalue weighted by Gasteiger charge is -2.22. The quantitative estimate of drug-likeness (QED) is 0.721. The van der Waals surface area contributed by atoms with E-state index in [1.807, 2.05) is 6.07 Å². The van der Waals surface area contributed by atoms with Crippen LogP contribution in [0.25, 0.3) is 0 Å². The van der Waals surface area contributed by atoms with Crippen molar-refractivity contribution >= 4 is 21.7 Å². The zero-order chi connectivity index (χ0) is 13.7. The zero-order valence-electron chi connectivity index (χ0n) is 11.0. The second kappa shape index (κ2) is 6.83. The maximum atomic E-state index is 8.74. The molecular formula is C13H17BrN4O. The van der Waals surface area contributed by atoms with Gasteiger partial charge in [0.15, 0.2) is 0 Å². The van der Waals surface area contributed by atoms with E-state index in [1.165, 1.54) is 12.8 Å². The molecule has 1 aliphatic carbocycles. The topological polar surface area (TPSA) is 62.0 Å². The van der Waals surface area contributed by atoms with E-state index >= 15 is 0 Å². The van der Waals surface area contributed by atoms with Gasteiger partial charge in [-0.25, -0.2) is 9.97 Å². The summed E-state index contributed by atoms with van der Waals surface area (Å²) in [5, 5.41) is 8.74. The van der Waals surface area contributed by atoms with Gasteiger partial charge in [0.25, 0.3) is 0 Å². The monoisotopic (exact) mass is 324 g/mol. The van der Waals surface area contributed by atoms with Crippen molar-refractivity contribution in [2.75, 3.05) is 31.7 Å². The van der Waals surface area contributed by atoms with E-state index in [0.29, 0.717) is 25.5 Å². The normalized spacial score (nSPS) is 14.2. The van der Waals surface area contributed by atoms with Crippen molar-refractivity contribution in [1.29, 1.82) is 5.26 Å². The number of methoxy groups -OCH3 is 1. The SMILES string of the molecule is COCCN(CCC#N)c1cc(Br)nc(C2CC2)n1. The lowest BCUT2D eigenvalue weighted by molar-refractivity contribution is 0.205. The first-order valence-corrected chi connectivity index (χ1v) is 7.19. The van der Waals surface area contributed by atoms with Gasteiger partial charge in [0.05, 0.1) is 19.1 Å². The Kier molecular flexibility index (Phi) is 5.11. The highest BCUT2D eigenvalue weighted by Gasteiger charge is 2.27. The predicted molar refractivity (Wildman–Crippen MR) is 76.0 cm³/mol. The van der Waals surface area contributed by atoms with Crippen molar-refractivity contribution in [1.82, 2.24) is 9.97 Å². The summed E-state index contributed by atoms with van der Waals surface area (Å²) in [5.41, 5.74) is 0. The summed E-state index contributed by atoms with van der Waals surface area (Å²) < 4.78 is 5.92. The molecule has 0 amide bonds. The molecule has 1 saturated carbocycles. The maximum absolute atomic E-state index is 8.74. The van der Waals surface area contributed by atoms with E-state index in [-0.39, 0.29) is 0 Å². The van der Waals surface area contributed by atoms with Crippen LogP contribution in [-0.4, -0.2) is 36.8 Å². The summed E-state index contributed by atoms with van der Waals surface area (Å²) in [4.78, 5) is 11.1. The number of hydrogen-bond acceptors (Lipinski definition) is 5. The Hall–Kier alpha value is -1.19. The van der Waals surface area contributed by atoms with Crippen LogP contribution in [0.1, 0.15) is 31.0 Å². The molecule has 0 aromatic carbocycles. The molecule has 5 nitrogen and oxygen atoms in total. The number of ether oxygens (including phenoxy) is 1. The second-order valence-electron chi connectivity index (χ2n) is 4.57. The van der Waals surface area contributed by atoms with E-state index in [1.54, 1.807) is 7.11 Å². The molecule has 2 rings (SSSR count). The average Bonchev–Trinajstić information content (AvgIpc) is 3.22. The first-order valence-electron chi connectivity index (χ1n) is 6.40. The summed E-state index contributed by atoms with van der Waals surface area (Å²) in [5.74, 6) is 2.29. The molecule has 1 fully saturated rings. The number of rotatable bonds is 7. The van der Waals surface area contributed by atoms with E-state index in [0.717, 1.165) is 22.8 Å². The molecule has 0 saturated heterocycles. The molecule has 6 heteroatoms. The van der Waals surface area contributed by atoms with Gasteiger partial charge in [-0.3, -0.25) is 0 Å². The Balaban J connectivity index is 2.16. The summed E-state index contributed by atoms with van der Waals surface area (Å²) in [6.45, 7) is 2.00. The van der Waals surface area contributed by atoms with Gasteiger partial charge in [0.2, 0.25) is 0 Å². The lowest BCUT2D eigenvalue weighted by atomic mass is 10.3. The molecule has 0 spiro atoms. The molecule has 1 aromatic heterocycles. The minimum atomic E-state index is 0.476. The van der Waals surface area contributed by atoms with E-state index in [4.69, 9.17) is 10.00 Å². The first kappa shape index (κ1) is 14.2. The highest BCUT2D eigenvalue weighted by atomic mass is 79.9. The first-order chi connectivity index (χ1) is 9.24. The fourth-order valence-electron chi connectivity index (χ4n) is 1.84. The fourth-order valence-corrected chi connectivity index (χ4v) is 2.22. The number of halogens is 1. The van der Waals surface area contributed by atoms with Gasteiger partial charge in [-0.05, 0) is 28.8 Å². The Bertz CT molecular complexity index is 470. The second-order valence-corrected chi connectivity index (χ2v) is 5.38. The van der Waals surface area contributed by atoms with Crippen LogP contribution in [0.3, 0.4) is 0 Å². The largest absolute Gasteiger partial charge is 0.383 e. The fraction of sp³-hybridized carbons (Fsp3) is 0.615. The Labute approximate surface area is 121 Å². The molecule has 1 aromatic rings. The number of nitriles is 1. The smallest absolute Gasteiger partial charge is 0.135 e. The number of anilines is 1. The Morgan fingerprint density at radius 3 is 2.89 bits per heavy atom. The molecule has 1 aliphatic rings. The van der Waals surface area contributed by atoms with Crippen LogP contribution in [0, 0.1) is 11.3 Å². The van der Waals surface area contributed by atoms with Crippen molar-refractivity contribution in [2.24, 2.45) is 0 Å². The molecule has 102 valence electrons. The van der Waals surface area contributed by atoms with Gasteiger partial charge in [-0.2, -0.15) is 5.26 Å². The molecule has 19 heavy (non-hydrogen) atoms. The van der Waals surface area contributed by atoms with Crippen molar-refractivity contribution in [3.05, 3.63) is 16.5 Å². The molecule has 0 atom stereocenters. The molecular weight excluding hydrogens is 308 g/mol. The molecule has 1 heterocycles. The third-order valence-electron chi connectivity index (χ3n) is 3.02. The van der Waals surface area contributed by atoms with Crippen molar-refractivity contribution < 1.29 is 4.74 Å². The molecule has 0 unspecified atom stereocenters. The Morgan fingerprint density at radius 2 is 2.26 bits per heavy atom. The number of nitrogens with zero attached hydrogens (tertiary/aromatic N) is 4. The third kappa shape index (κ3) is 4.15. The van der Waals surface area contributed by atoms with Gasteiger partial charge < -0.3 is 9.64 Å². The van der Waals surface area contributed by atoms with Crippen LogP contribution in [0.15, 0.2) is 10.7 Å². The predicted octanol–water partition coefficient (Wildman–Crippen LogP) is 2.48. The van der Waals surface area contributed by atoms with Crippen LogP contribution >= 0.6 is 15.9 Å². The highest BCUT2D eigenvalue weighted by Crippen LogP contribution is 2.39. The van der Waals surface area contributed by atoms with Gasteiger partial charge in [-0.1, -0.05) is 0 Å². The van der Waals surface area contributed by atoms with Crippen molar-refractivity contribution in [2.45, 2.75) is 25.2 Å². The average molecular weight is 325 g/mol. The maximum Gasteiger partial charge on any atom is 0.135 e. The summed E-state index contributed by atoms with van der Waals surface area (Å²) >= 11 is 3.44. The van der Waals surface area contributed by atoms with Crippen LogP contribution in [0.2, 0.25) is 0 Å².